The van der Waals surface area contributed by atoms with Crippen LogP contribution in [0.2, 0.25) is 0 Å². The number of nitrogens with one attached hydrogen (secondary N) is 1. The summed E-state index contributed by atoms with van der Waals surface area (Å²) < 4.78 is 13.9. The van der Waals surface area contributed by atoms with Gasteiger partial charge in [0.15, 0.2) is 0 Å². The second kappa shape index (κ2) is 5.14. The van der Waals surface area contributed by atoms with E-state index in [1.807, 2.05) is 0 Å². The summed E-state index contributed by atoms with van der Waals surface area (Å²) in [6.07, 6.45) is 1.40. The van der Waals surface area contributed by atoms with Gasteiger partial charge in [-0.15, -0.1) is 0 Å². The highest BCUT2D eigenvalue weighted by atomic mass is 79.9. The van der Waals surface area contributed by atoms with Gasteiger partial charge in [0.2, 0.25) is 0 Å². The minimum atomic E-state index is -0.592. The number of carbonyl (C=O) groups excluding carboxylic acids is 1. The van der Waals surface area contributed by atoms with Crippen LogP contribution >= 0.6 is 15.9 Å². The van der Waals surface area contributed by atoms with Crippen molar-refractivity contribution in [1.82, 2.24) is 4.98 Å². The molecule has 0 aliphatic heterocycles. The zero-order valence-corrected chi connectivity index (χ0v) is 10.7. The molecule has 1 amide bonds. The molecule has 3 N–H and O–H groups in total. The number of carbonyl (C=O) groups is 1. The van der Waals surface area contributed by atoms with Crippen molar-refractivity contribution in [1.29, 1.82) is 0 Å². The van der Waals surface area contributed by atoms with E-state index >= 15 is 0 Å². The topological polar surface area (TPSA) is 68.0 Å². The maximum atomic E-state index is 13.5. The summed E-state index contributed by atoms with van der Waals surface area (Å²) >= 11 is 3.14. The monoisotopic (exact) mass is 309 g/mol. The Hall–Kier alpha value is -1.95. The van der Waals surface area contributed by atoms with E-state index in [1.54, 1.807) is 18.2 Å². The Kier molecular flexibility index (Phi) is 3.57. The van der Waals surface area contributed by atoms with Crippen LogP contribution < -0.4 is 11.1 Å². The second-order valence-electron chi connectivity index (χ2n) is 3.52. The van der Waals surface area contributed by atoms with Crippen LogP contribution in [0.15, 0.2) is 41.0 Å². The first-order valence-electron chi connectivity index (χ1n) is 5.05. The van der Waals surface area contributed by atoms with E-state index in [-0.39, 0.29) is 5.56 Å². The maximum absolute atomic E-state index is 13.5. The van der Waals surface area contributed by atoms with Crippen molar-refractivity contribution in [2.75, 3.05) is 11.1 Å². The summed E-state index contributed by atoms with van der Waals surface area (Å²) in [7, 11) is 0. The molecular formula is C12H9BrFN3O. The van der Waals surface area contributed by atoms with Gasteiger partial charge in [0.1, 0.15) is 11.6 Å². The van der Waals surface area contributed by atoms with Gasteiger partial charge in [0, 0.05) is 4.47 Å². The van der Waals surface area contributed by atoms with E-state index in [2.05, 4.69) is 26.2 Å². The van der Waals surface area contributed by atoms with E-state index in [0.717, 1.165) is 0 Å². The van der Waals surface area contributed by atoms with Gasteiger partial charge in [-0.3, -0.25) is 4.79 Å². The van der Waals surface area contributed by atoms with Crippen molar-refractivity contribution in [3.05, 3.63) is 52.4 Å². The fourth-order valence-corrected chi connectivity index (χ4v) is 1.91. The molecule has 1 aromatic carbocycles. The van der Waals surface area contributed by atoms with E-state index < -0.39 is 11.7 Å². The average Bonchev–Trinajstić information content (AvgIpc) is 2.32. The van der Waals surface area contributed by atoms with Crippen molar-refractivity contribution >= 4 is 33.3 Å². The predicted octanol–water partition coefficient (Wildman–Crippen LogP) is 2.82. The molecule has 92 valence electrons. The highest BCUT2D eigenvalue weighted by Crippen LogP contribution is 2.21. The Morgan fingerprint density at radius 1 is 1.33 bits per heavy atom. The third-order valence-corrected chi connectivity index (χ3v) is 2.89. The average molecular weight is 310 g/mol. The van der Waals surface area contributed by atoms with Crippen molar-refractivity contribution in [3.63, 3.8) is 0 Å². The smallest absolute Gasteiger partial charge is 0.259 e. The summed E-state index contributed by atoms with van der Waals surface area (Å²) in [5.41, 5.74) is 5.83. The molecule has 2 aromatic rings. The van der Waals surface area contributed by atoms with E-state index in [9.17, 15) is 9.18 Å². The van der Waals surface area contributed by atoms with Gasteiger partial charge in [-0.1, -0.05) is 6.07 Å². The standard InChI is InChI=1S/C12H9BrFN3O/c13-8-2-1-3-9(14)11(8)12(18)17-7-4-5-10(15)16-6-7/h1-6H,(H2,15,16)(H,17,18). The second-order valence-corrected chi connectivity index (χ2v) is 4.38. The molecule has 0 atom stereocenters. The van der Waals surface area contributed by atoms with Gasteiger partial charge >= 0.3 is 0 Å². The van der Waals surface area contributed by atoms with Crippen LogP contribution in [0.4, 0.5) is 15.9 Å². The maximum Gasteiger partial charge on any atom is 0.259 e. The minimum absolute atomic E-state index is 0.0469. The van der Waals surface area contributed by atoms with Crippen LogP contribution in [0.5, 0.6) is 0 Å². The third-order valence-electron chi connectivity index (χ3n) is 2.23. The Morgan fingerprint density at radius 3 is 2.72 bits per heavy atom. The van der Waals surface area contributed by atoms with Gasteiger partial charge in [-0.05, 0) is 40.2 Å². The largest absolute Gasteiger partial charge is 0.384 e. The predicted molar refractivity (Wildman–Crippen MR) is 70.7 cm³/mol. The molecule has 2 rings (SSSR count). The summed E-state index contributed by atoms with van der Waals surface area (Å²) in [4.78, 5) is 15.7. The molecule has 0 fully saturated rings. The number of aromatic nitrogens is 1. The molecule has 6 heteroatoms. The molecular weight excluding hydrogens is 301 g/mol. The number of anilines is 2. The Balaban J connectivity index is 2.25. The zero-order valence-electron chi connectivity index (χ0n) is 9.15. The van der Waals surface area contributed by atoms with Crippen LogP contribution in [0, 0.1) is 5.82 Å². The van der Waals surface area contributed by atoms with Gasteiger partial charge < -0.3 is 11.1 Å². The molecule has 4 nitrogen and oxygen atoms in total. The molecule has 0 saturated carbocycles. The van der Waals surface area contributed by atoms with E-state index in [0.29, 0.717) is 16.0 Å². The fraction of sp³-hybridized carbons (Fsp3) is 0. The molecule has 1 aromatic heterocycles. The van der Waals surface area contributed by atoms with Crippen molar-refractivity contribution in [2.45, 2.75) is 0 Å². The first-order valence-corrected chi connectivity index (χ1v) is 5.84. The van der Waals surface area contributed by atoms with Crippen LogP contribution in [0.1, 0.15) is 10.4 Å². The number of nitrogens with two attached hydrogens (primary N) is 1. The Bertz CT molecular complexity index is 566. The molecule has 0 spiro atoms. The van der Waals surface area contributed by atoms with Gasteiger partial charge in [0.25, 0.3) is 5.91 Å². The molecule has 0 unspecified atom stereocenters. The quantitative estimate of drug-likeness (QED) is 0.896. The lowest BCUT2D eigenvalue weighted by atomic mass is 10.2. The van der Waals surface area contributed by atoms with Crippen molar-refractivity contribution in [3.8, 4) is 0 Å². The van der Waals surface area contributed by atoms with E-state index in [1.165, 1.54) is 18.3 Å². The van der Waals surface area contributed by atoms with E-state index in [4.69, 9.17) is 5.73 Å². The first kappa shape index (κ1) is 12.5. The summed E-state index contributed by atoms with van der Waals surface area (Å²) in [6, 6.07) is 7.47. The van der Waals surface area contributed by atoms with Crippen LogP contribution in [-0.4, -0.2) is 10.9 Å². The molecule has 0 saturated heterocycles. The minimum Gasteiger partial charge on any atom is -0.384 e. The Labute approximate surface area is 111 Å². The Morgan fingerprint density at radius 2 is 2.11 bits per heavy atom. The molecule has 1 heterocycles. The van der Waals surface area contributed by atoms with Crippen molar-refractivity contribution < 1.29 is 9.18 Å². The number of hydrogen-bond acceptors (Lipinski definition) is 3. The fourth-order valence-electron chi connectivity index (χ4n) is 1.39. The number of rotatable bonds is 2. The number of pyridine rings is 1. The van der Waals surface area contributed by atoms with Gasteiger partial charge in [-0.2, -0.15) is 0 Å². The molecule has 18 heavy (non-hydrogen) atoms. The number of hydrogen-bond donors (Lipinski definition) is 2. The molecule has 0 bridgehead atoms. The number of benzene rings is 1. The number of amides is 1. The normalized spacial score (nSPS) is 10.1. The number of nitrogen functional groups attached to an aromatic ring is 1. The summed E-state index contributed by atoms with van der Waals surface area (Å²) in [5, 5.41) is 2.54. The lowest BCUT2D eigenvalue weighted by molar-refractivity contribution is 0.102. The molecule has 0 aliphatic rings. The SMILES string of the molecule is Nc1ccc(NC(=O)c2c(F)cccc2Br)cn1. The molecule has 0 aliphatic carbocycles. The molecule has 0 radical (unpaired) electrons. The number of nitrogens with zero attached hydrogens (tertiary/aromatic N) is 1. The van der Waals surface area contributed by atoms with Gasteiger partial charge in [0.05, 0.1) is 17.4 Å². The zero-order chi connectivity index (χ0) is 13.1. The lowest BCUT2D eigenvalue weighted by Gasteiger charge is -2.07. The summed E-state index contributed by atoms with van der Waals surface area (Å²) in [6.45, 7) is 0. The first-order chi connectivity index (χ1) is 8.58. The lowest BCUT2D eigenvalue weighted by Crippen LogP contribution is -2.14. The van der Waals surface area contributed by atoms with Crippen molar-refractivity contribution in [2.24, 2.45) is 0 Å². The van der Waals surface area contributed by atoms with Crippen LogP contribution in [0.25, 0.3) is 0 Å². The van der Waals surface area contributed by atoms with Crippen LogP contribution in [-0.2, 0) is 0 Å². The highest BCUT2D eigenvalue weighted by Gasteiger charge is 2.15. The van der Waals surface area contributed by atoms with Gasteiger partial charge in [-0.25, -0.2) is 9.37 Å². The number of halogens is 2. The third kappa shape index (κ3) is 2.65. The summed E-state index contributed by atoms with van der Waals surface area (Å²) in [5.74, 6) is -0.795. The van der Waals surface area contributed by atoms with Crippen LogP contribution in [0.3, 0.4) is 0 Å². The highest BCUT2D eigenvalue weighted by molar-refractivity contribution is 9.10.